The van der Waals surface area contributed by atoms with Crippen molar-refractivity contribution < 1.29 is 4.39 Å². The molecule has 0 aromatic heterocycles. The lowest BCUT2D eigenvalue weighted by Gasteiger charge is -2.06. The van der Waals surface area contributed by atoms with Crippen molar-refractivity contribution in [1.82, 2.24) is 5.32 Å². The largest absolute Gasteiger partial charge is 0.399 e. The Bertz CT molecular complexity index is 483. The van der Waals surface area contributed by atoms with Crippen LogP contribution in [0.5, 0.6) is 0 Å². The first-order valence-electron chi connectivity index (χ1n) is 5.54. The van der Waals surface area contributed by atoms with Gasteiger partial charge in [0.2, 0.25) is 0 Å². The van der Waals surface area contributed by atoms with Crippen LogP contribution in [0.4, 0.5) is 10.1 Å². The highest BCUT2D eigenvalue weighted by Crippen LogP contribution is 2.11. The second-order valence-corrected chi connectivity index (χ2v) is 3.94. The molecule has 88 valence electrons. The highest BCUT2D eigenvalue weighted by atomic mass is 19.1. The molecule has 2 nitrogen and oxygen atoms in total. The van der Waals surface area contributed by atoms with Crippen molar-refractivity contribution >= 4 is 5.69 Å². The molecule has 0 bridgehead atoms. The van der Waals surface area contributed by atoms with Gasteiger partial charge in [0, 0.05) is 24.3 Å². The summed E-state index contributed by atoms with van der Waals surface area (Å²) in [5, 5.41) is 3.20. The van der Waals surface area contributed by atoms with Crippen molar-refractivity contribution in [3.63, 3.8) is 0 Å². The third-order valence-electron chi connectivity index (χ3n) is 2.56. The fraction of sp³-hybridized carbons (Fsp3) is 0.143. The van der Waals surface area contributed by atoms with Crippen LogP contribution in [0.3, 0.4) is 0 Å². The zero-order chi connectivity index (χ0) is 12.1. The number of hydrogen-bond acceptors (Lipinski definition) is 2. The molecule has 0 unspecified atom stereocenters. The smallest absolute Gasteiger partial charge is 0.129 e. The van der Waals surface area contributed by atoms with Crippen LogP contribution in [0.2, 0.25) is 0 Å². The lowest BCUT2D eigenvalue weighted by Crippen LogP contribution is -2.13. The summed E-state index contributed by atoms with van der Waals surface area (Å²) in [7, 11) is 0. The van der Waals surface area contributed by atoms with Crippen LogP contribution in [0.1, 0.15) is 11.1 Å². The van der Waals surface area contributed by atoms with E-state index < -0.39 is 0 Å². The van der Waals surface area contributed by atoms with E-state index in [0.29, 0.717) is 17.8 Å². The van der Waals surface area contributed by atoms with Crippen molar-refractivity contribution in [3.05, 3.63) is 65.5 Å². The van der Waals surface area contributed by atoms with Crippen LogP contribution in [0.25, 0.3) is 0 Å². The minimum atomic E-state index is -0.259. The second-order valence-electron chi connectivity index (χ2n) is 3.94. The minimum Gasteiger partial charge on any atom is -0.399 e. The van der Waals surface area contributed by atoms with E-state index in [1.54, 1.807) is 12.1 Å². The van der Waals surface area contributed by atoms with Gasteiger partial charge in [0.05, 0.1) is 0 Å². The van der Waals surface area contributed by atoms with Crippen LogP contribution >= 0.6 is 0 Å². The van der Waals surface area contributed by atoms with Crippen molar-refractivity contribution in [2.45, 2.75) is 13.1 Å². The Morgan fingerprint density at radius 3 is 2.47 bits per heavy atom. The zero-order valence-electron chi connectivity index (χ0n) is 9.49. The fourth-order valence-electron chi connectivity index (χ4n) is 1.64. The van der Waals surface area contributed by atoms with E-state index in [4.69, 9.17) is 5.73 Å². The normalized spacial score (nSPS) is 10.4. The average molecular weight is 230 g/mol. The molecule has 0 saturated carbocycles. The lowest BCUT2D eigenvalue weighted by atomic mass is 10.2. The maximum absolute atomic E-state index is 13.5. The SMILES string of the molecule is Nc1ccc(CNCc2ccccc2)c(F)c1. The Morgan fingerprint density at radius 2 is 1.76 bits per heavy atom. The van der Waals surface area contributed by atoms with E-state index >= 15 is 0 Å². The van der Waals surface area contributed by atoms with Crippen LogP contribution in [0.15, 0.2) is 48.5 Å². The maximum Gasteiger partial charge on any atom is 0.129 e. The molecule has 0 heterocycles. The van der Waals surface area contributed by atoms with Crippen LogP contribution in [-0.4, -0.2) is 0 Å². The Balaban J connectivity index is 1.90. The molecule has 2 aromatic carbocycles. The van der Waals surface area contributed by atoms with Crippen LogP contribution < -0.4 is 11.1 Å². The molecule has 3 heteroatoms. The van der Waals surface area contributed by atoms with E-state index in [9.17, 15) is 4.39 Å². The number of benzene rings is 2. The van der Waals surface area contributed by atoms with Gasteiger partial charge in [-0.25, -0.2) is 4.39 Å². The topological polar surface area (TPSA) is 38.0 Å². The zero-order valence-corrected chi connectivity index (χ0v) is 9.49. The first-order chi connectivity index (χ1) is 8.25. The Kier molecular flexibility index (Phi) is 3.73. The van der Waals surface area contributed by atoms with E-state index in [0.717, 1.165) is 6.54 Å². The van der Waals surface area contributed by atoms with Gasteiger partial charge in [0.15, 0.2) is 0 Å². The van der Waals surface area contributed by atoms with Gasteiger partial charge >= 0.3 is 0 Å². The summed E-state index contributed by atoms with van der Waals surface area (Å²) in [5.41, 5.74) is 7.76. The Hall–Kier alpha value is -1.87. The molecule has 0 aliphatic heterocycles. The molecule has 2 aromatic rings. The minimum absolute atomic E-state index is 0.259. The first kappa shape index (κ1) is 11.6. The van der Waals surface area contributed by atoms with Gasteiger partial charge in [-0.3, -0.25) is 0 Å². The van der Waals surface area contributed by atoms with Crippen molar-refractivity contribution in [3.8, 4) is 0 Å². The summed E-state index contributed by atoms with van der Waals surface area (Å²) in [6.07, 6.45) is 0. The third-order valence-corrected chi connectivity index (χ3v) is 2.56. The number of nitrogens with one attached hydrogen (secondary N) is 1. The number of anilines is 1. The molecule has 17 heavy (non-hydrogen) atoms. The van der Waals surface area contributed by atoms with Crippen molar-refractivity contribution in [2.75, 3.05) is 5.73 Å². The van der Waals surface area contributed by atoms with Crippen LogP contribution in [-0.2, 0) is 13.1 Å². The maximum atomic E-state index is 13.5. The monoisotopic (exact) mass is 230 g/mol. The summed E-state index contributed by atoms with van der Waals surface area (Å²) in [6, 6.07) is 14.8. The van der Waals surface area contributed by atoms with Gasteiger partial charge in [-0.15, -0.1) is 0 Å². The molecule has 0 radical (unpaired) electrons. The van der Waals surface area contributed by atoms with E-state index in [1.807, 2.05) is 30.3 Å². The molecule has 0 aliphatic carbocycles. The van der Waals surface area contributed by atoms with E-state index in [2.05, 4.69) is 5.32 Å². The lowest BCUT2D eigenvalue weighted by molar-refractivity contribution is 0.588. The molecule has 3 N–H and O–H groups in total. The van der Waals surface area contributed by atoms with Gasteiger partial charge < -0.3 is 11.1 Å². The molecule has 0 spiro atoms. The molecule has 0 aliphatic rings. The van der Waals surface area contributed by atoms with Gasteiger partial charge in [-0.05, 0) is 17.7 Å². The second kappa shape index (κ2) is 5.46. The van der Waals surface area contributed by atoms with Gasteiger partial charge in [-0.1, -0.05) is 36.4 Å². The fourth-order valence-corrected chi connectivity index (χ4v) is 1.64. The van der Waals surface area contributed by atoms with E-state index in [-0.39, 0.29) is 5.82 Å². The summed E-state index contributed by atoms with van der Waals surface area (Å²) in [6.45, 7) is 1.23. The van der Waals surface area contributed by atoms with Crippen LogP contribution in [0, 0.1) is 5.82 Å². The summed E-state index contributed by atoms with van der Waals surface area (Å²) < 4.78 is 13.5. The Morgan fingerprint density at radius 1 is 1.00 bits per heavy atom. The van der Waals surface area contributed by atoms with Gasteiger partial charge in [0.25, 0.3) is 0 Å². The molecule has 0 amide bonds. The highest BCUT2D eigenvalue weighted by Gasteiger charge is 2.01. The number of halogens is 1. The number of hydrogen-bond donors (Lipinski definition) is 2. The molecular weight excluding hydrogens is 215 g/mol. The third kappa shape index (κ3) is 3.29. The molecule has 0 fully saturated rings. The number of nitrogens with two attached hydrogens (primary N) is 1. The van der Waals surface area contributed by atoms with Crippen molar-refractivity contribution in [2.24, 2.45) is 0 Å². The molecule has 2 rings (SSSR count). The van der Waals surface area contributed by atoms with E-state index in [1.165, 1.54) is 11.6 Å². The summed E-state index contributed by atoms with van der Waals surface area (Å²) in [4.78, 5) is 0. The number of nitrogen functional groups attached to an aromatic ring is 1. The quantitative estimate of drug-likeness (QED) is 0.792. The van der Waals surface area contributed by atoms with Crippen molar-refractivity contribution in [1.29, 1.82) is 0 Å². The van der Waals surface area contributed by atoms with Gasteiger partial charge in [0.1, 0.15) is 5.82 Å². The highest BCUT2D eigenvalue weighted by molar-refractivity contribution is 5.40. The molecule has 0 atom stereocenters. The summed E-state index contributed by atoms with van der Waals surface area (Å²) in [5.74, 6) is -0.259. The first-order valence-corrected chi connectivity index (χ1v) is 5.54. The predicted molar refractivity (Wildman–Crippen MR) is 67.8 cm³/mol. The predicted octanol–water partition coefficient (Wildman–Crippen LogP) is 2.70. The van der Waals surface area contributed by atoms with Gasteiger partial charge in [-0.2, -0.15) is 0 Å². The summed E-state index contributed by atoms with van der Waals surface area (Å²) >= 11 is 0. The standard InChI is InChI=1S/C14H15FN2/c15-14-8-13(16)7-6-12(14)10-17-9-11-4-2-1-3-5-11/h1-8,17H,9-10,16H2. The molecule has 0 saturated heterocycles. The average Bonchev–Trinajstić information content (AvgIpc) is 2.33. The Labute approximate surface area is 100 Å². The number of rotatable bonds is 4. The molecular formula is C14H15FN2.